The third-order valence-corrected chi connectivity index (χ3v) is 3.27. The number of pyridine rings is 1. The Hall–Kier alpha value is -1.62. The van der Waals surface area contributed by atoms with Crippen LogP contribution in [0.3, 0.4) is 0 Å². The van der Waals surface area contributed by atoms with Crippen molar-refractivity contribution in [1.82, 2.24) is 14.8 Å². The van der Waals surface area contributed by atoms with Gasteiger partial charge in [0.2, 0.25) is 0 Å². The predicted molar refractivity (Wildman–Crippen MR) is 87.8 cm³/mol. The number of hydrogen-bond donors (Lipinski definition) is 1. The molecular formula is C16H28N4O. The van der Waals surface area contributed by atoms with E-state index < -0.39 is 0 Å². The lowest BCUT2D eigenvalue weighted by molar-refractivity contribution is 0.0759. The quantitative estimate of drug-likeness (QED) is 0.759. The lowest BCUT2D eigenvalue weighted by Gasteiger charge is -2.22. The number of carbonyl (C=O) groups excluding carboxylic acids is 1. The van der Waals surface area contributed by atoms with Gasteiger partial charge in [-0.05, 0) is 52.5 Å². The number of nitrogens with one attached hydrogen (secondary N) is 1. The van der Waals surface area contributed by atoms with Gasteiger partial charge in [0.25, 0.3) is 5.91 Å². The van der Waals surface area contributed by atoms with Crippen LogP contribution in [-0.2, 0) is 0 Å². The topological polar surface area (TPSA) is 48.5 Å². The van der Waals surface area contributed by atoms with Crippen LogP contribution in [0.4, 0.5) is 5.82 Å². The molecule has 1 aromatic rings. The number of anilines is 1. The van der Waals surface area contributed by atoms with Gasteiger partial charge in [0.15, 0.2) is 0 Å². The average Bonchev–Trinajstić information content (AvgIpc) is 2.49. The van der Waals surface area contributed by atoms with Crippen LogP contribution in [0.5, 0.6) is 0 Å². The molecule has 0 aromatic carbocycles. The third kappa shape index (κ3) is 6.12. The van der Waals surface area contributed by atoms with E-state index >= 15 is 0 Å². The number of nitrogens with zero attached hydrogens (tertiary/aromatic N) is 3. The second kappa shape index (κ2) is 9.34. The molecule has 0 unspecified atom stereocenters. The summed E-state index contributed by atoms with van der Waals surface area (Å²) in [6, 6.07) is 3.72. The first-order valence-electron chi connectivity index (χ1n) is 7.72. The molecule has 21 heavy (non-hydrogen) atoms. The summed E-state index contributed by atoms with van der Waals surface area (Å²) in [4.78, 5) is 20.7. The molecule has 0 spiro atoms. The van der Waals surface area contributed by atoms with Crippen molar-refractivity contribution in [2.24, 2.45) is 0 Å². The molecule has 5 nitrogen and oxygen atoms in total. The SMILES string of the molecule is CCCNc1ccc(C(=O)N(CC)CCCN(C)C)cn1. The summed E-state index contributed by atoms with van der Waals surface area (Å²) >= 11 is 0. The Morgan fingerprint density at radius 2 is 2.00 bits per heavy atom. The maximum absolute atomic E-state index is 12.4. The Balaban J connectivity index is 2.58. The van der Waals surface area contributed by atoms with Gasteiger partial charge in [0.05, 0.1) is 5.56 Å². The molecule has 0 saturated heterocycles. The van der Waals surface area contributed by atoms with Crippen LogP contribution in [0.15, 0.2) is 18.3 Å². The number of hydrogen-bond acceptors (Lipinski definition) is 4. The lowest BCUT2D eigenvalue weighted by Crippen LogP contribution is -2.33. The van der Waals surface area contributed by atoms with Crippen LogP contribution in [-0.4, -0.2) is 61.0 Å². The molecule has 0 saturated carbocycles. The Kier molecular flexibility index (Phi) is 7.75. The van der Waals surface area contributed by atoms with Crippen molar-refractivity contribution in [3.63, 3.8) is 0 Å². The second-order valence-electron chi connectivity index (χ2n) is 5.40. The normalized spacial score (nSPS) is 10.7. The van der Waals surface area contributed by atoms with E-state index in [1.54, 1.807) is 6.20 Å². The van der Waals surface area contributed by atoms with Gasteiger partial charge in [-0.1, -0.05) is 6.92 Å². The summed E-state index contributed by atoms with van der Waals surface area (Å²) in [5.74, 6) is 0.884. The van der Waals surface area contributed by atoms with E-state index in [0.717, 1.165) is 44.8 Å². The van der Waals surface area contributed by atoms with Crippen molar-refractivity contribution < 1.29 is 4.79 Å². The molecule has 0 aliphatic carbocycles. The highest BCUT2D eigenvalue weighted by Crippen LogP contribution is 2.08. The highest BCUT2D eigenvalue weighted by atomic mass is 16.2. The molecule has 1 rings (SSSR count). The minimum Gasteiger partial charge on any atom is -0.370 e. The zero-order valence-electron chi connectivity index (χ0n) is 13.7. The number of rotatable bonds is 9. The van der Waals surface area contributed by atoms with E-state index in [9.17, 15) is 4.79 Å². The average molecular weight is 292 g/mol. The van der Waals surface area contributed by atoms with Crippen LogP contribution in [0, 0.1) is 0 Å². The number of carbonyl (C=O) groups is 1. The van der Waals surface area contributed by atoms with E-state index in [1.165, 1.54) is 0 Å². The summed E-state index contributed by atoms with van der Waals surface area (Å²) < 4.78 is 0. The summed E-state index contributed by atoms with van der Waals surface area (Å²) in [6.07, 6.45) is 3.70. The lowest BCUT2D eigenvalue weighted by atomic mass is 10.2. The maximum atomic E-state index is 12.4. The molecule has 0 aliphatic rings. The minimum atomic E-state index is 0.0609. The van der Waals surface area contributed by atoms with Crippen LogP contribution in [0.25, 0.3) is 0 Å². The fourth-order valence-electron chi connectivity index (χ4n) is 2.04. The van der Waals surface area contributed by atoms with Gasteiger partial charge >= 0.3 is 0 Å². The van der Waals surface area contributed by atoms with Gasteiger partial charge in [-0.25, -0.2) is 4.98 Å². The molecule has 0 aliphatic heterocycles. The van der Waals surface area contributed by atoms with Crippen LogP contribution in [0.1, 0.15) is 37.0 Å². The standard InChI is InChI=1S/C16H28N4O/c1-5-10-17-15-9-8-14(13-18-15)16(21)20(6-2)12-7-11-19(3)4/h8-9,13H,5-7,10-12H2,1-4H3,(H,17,18). The van der Waals surface area contributed by atoms with Crippen LogP contribution >= 0.6 is 0 Å². The van der Waals surface area contributed by atoms with Crippen molar-refractivity contribution in [1.29, 1.82) is 0 Å². The molecule has 118 valence electrons. The molecule has 1 aromatic heterocycles. The van der Waals surface area contributed by atoms with E-state index in [1.807, 2.05) is 38.1 Å². The molecule has 0 atom stereocenters. The first kappa shape index (κ1) is 17.4. The van der Waals surface area contributed by atoms with Gasteiger partial charge in [0, 0.05) is 25.8 Å². The predicted octanol–water partition coefficient (Wildman–Crippen LogP) is 2.32. The van der Waals surface area contributed by atoms with E-state index in [4.69, 9.17) is 0 Å². The van der Waals surface area contributed by atoms with Gasteiger partial charge in [0.1, 0.15) is 5.82 Å². The highest BCUT2D eigenvalue weighted by molar-refractivity contribution is 5.94. The molecule has 1 heterocycles. The van der Waals surface area contributed by atoms with E-state index in [2.05, 4.69) is 22.1 Å². The molecule has 0 fully saturated rings. The number of aromatic nitrogens is 1. The fourth-order valence-corrected chi connectivity index (χ4v) is 2.04. The maximum Gasteiger partial charge on any atom is 0.255 e. The smallest absolute Gasteiger partial charge is 0.255 e. The zero-order chi connectivity index (χ0) is 15.7. The van der Waals surface area contributed by atoms with Crippen LogP contribution in [0.2, 0.25) is 0 Å². The monoisotopic (exact) mass is 292 g/mol. The largest absolute Gasteiger partial charge is 0.370 e. The van der Waals surface area contributed by atoms with Crippen molar-refractivity contribution in [2.45, 2.75) is 26.7 Å². The summed E-state index contributed by atoms with van der Waals surface area (Å²) in [5.41, 5.74) is 0.656. The number of amides is 1. The first-order chi connectivity index (χ1) is 10.1. The Labute approximate surface area is 128 Å². The summed E-state index contributed by atoms with van der Waals surface area (Å²) in [6.45, 7) is 7.51. The Morgan fingerprint density at radius 1 is 1.24 bits per heavy atom. The molecule has 0 bridgehead atoms. The van der Waals surface area contributed by atoms with Crippen molar-refractivity contribution >= 4 is 11.7 Å². The molecule has 1 N–H and O–H groups in total. The van der Waals surface area contributed by atoms with Crippen molar-refractivity contribution in [3.05, 3.63) is 23.9 Å². The van der Waals surface area contributed by atoms with E-state index in [-0.39, 0.29) is 5.91 Å². The molecule has 0 radical (unpaired) electrons. The molecular weight excluding hydrogens is 264 g/mol. The first-order valence-corrected chi connectivity index (χ1v) is 7.72. The Morgan fingerprint density at radius 3 is 2.52 bits per heavy atom. The van der Waals surface area contributed by atoms with Gasteiger partial charge in [-0.3, -0.25) is 4.79 Å². The second-order valence-corrected chi connectivity index (χ2v) is 5.40. The molecule has 5 heteroatoms. The summed E-state index contributed by atoms with van der Waals surface area (Å²) in [7, 11) is 4.09. The van der Waals surface area contributed by atoms with Crippen molar-refractivity contribution in [2.75, 3.05) is 45.6 Å². The Bertz CT molecular complexity index is 417. The third-order valence-electron chi connectivity index (χ3n) is 3.27. The van der Waals surface area contributed by atoms with Crippen molar-refractivity contribution in [3.8, 4) is 0 Å². The van der Waals surface area contributed by atoms with E-state index in [0.29, 0.717) is 5.56 Å². The minimum absolute atomic E-state index is 0.0609. The highest BCUT2D eigenvalue weighted by Gasteiger charge is 2.14. The summed E-state index contributed by atoms with van der Waals surface area (Å²) in [5, 5.41) is 3.21. The van der Waals surface area contributed by atoms with Gasteiger partial charge in [-0.15, -0.1) is 0 Å². The molecule has 1 amide bonds. The fraction of sp³-hybridized carbons (Fsp3) is 0.625. The van der Waals surface area contributed by atoms with Crippen LogP contribution < -0.4 is 5.32 Å². The van der Waals surface area contributed by atoms with Gasteiger partial charge in [-0.2, -0.15) is 0 Å². The van der Waals surface area contributed by atoms with Gasteiger partial charge < -0.3 is 15.1 Å². The zero-order valence-corrected chi connectivity index (χ0v) is 13.7.